The molecule has 0 radical (unpaired) electrons. The van der Waals surface area contributed by atoms with E-state index in [1.807, 2.05) is 73.7 Å². The number of hydrogen-bond acceptors (Lipinski definition) is 3. The summed E-state index contributed by atoms with van der Waals surface area (Å²) in [5.74, 6) is -2.13. The molecule has 0 aliphatic rings. The number of anilines is 1. The van der Waals surface area contributed by atoms with Crippen molar-refractivity contribution < 1.29 is 19.5 Å². The zero-order valence-corrected chi connectivity index (χ0v) is 27.0. The van der Waals surface area contributed by atoms with Gasteiger partial charge in [0.25, 0.3) is 11.8 Å². The Morgan fingerprint density at radius 1 is 0.739 bits per heavy atom. The van der Waals surface area contributed by atoms with Gasteiger partial charge in [0.2, 0.25) is 0 Å². The van der Waals surface area contributed by atoms with Gasteiger partial charge in [-0.15, -0.1) is 0 Å². The number of carbonyl (C=O) groups is 3. The zero-order chi connectivity index (χ0) is 32.8. The summed E-state index contributed by atoms with van der Waals surface area (Å²) in [6, 6.07) is 33.1. The summed E-state index contributed by atoms with van der Waals surface area (Å²) in [6.07, 6.45) is -0.362. The Kier molecular flexibility index (Phi) is 10.4. The van der Waals surface area contributed by atoms with Crippen LogP contribution in [0.3, 0.4) is 0 Å². The number of carbonyl (C=O) groups excluding carboxylic acids is 2. The van der Waals surface area contributed by atoms with E-state index in [-0.39, 0.29) is 44.8 Å². The van der Waals surface area contributed by atoms with Crippen LogP contribution in [0.25, 0.3) is 11.1 Å². The molecule has 5 aromatic carbocycles. The highest BCUT2D eigenvalue weighted by Gasteiger charge is 2.27. The molecule has 0 aromatic heterocycles. The van der Waals surface area contributed by atoms with Gasteiger partial charge >= 0.3 is 5.97 Å². The van der Waals surface area contributed by atoms with Crippen LogP contribution in [0, 0.1) is 6.92 Å². The van der Waals surface area contributed by atoms with Gasteiger partial charge in [0.15, 0.2) is 0 Å². The molecule has 0 aliphatic heterocycles. The number of nitrogens with one attached hydrogen (secondary N) is 1. The Hall–Kier alpha value is -4.62. The highest BCUT2D eigenvalue weighted by atomic mass is 35.5. The molecule has 0 bridgehead atoms. The average Bonchev–Trinajstić information content (AvgIpc) is 3.04. The van der Waals surface area contributed by atoms with Gasteiger partial charge in [-0.05, 0) is 65.6 Å². The maximum atomic E-state index is 14.1. The van der Waals surface area contributed by atoms with Crippen LogP contribution in [0.2, 0.25) is 15.1 Å². The molecule has 6 nitrogen and oxygen atoms in total. The van der Waals surface area contributed by atoms with Crippen LogP contribution in [0.15, 0.2) is 115 Å². The van der Waals surface area contributed by atoms with Crippen LogP contribution in [0.1, 0.15) is 49.9 Å². The first kappa shape index (κ1) is 32.8. The highest BCUT2D eigenvalue weighted by Crippen LogP contribution is 2.31. The molecule has 0 aliphatic carbocycles. The molecule has 0 heterocycles. The van der Waals surface area contributed by atoms with Crippen LogP contribution in [0.4, 0.5) is 5.69 Å². The molecule has 0 saturated heterocycles. The minimum Gasteiger partial charge on any atom is -0.481 e. The molecule has 232 valence electrons. The lowest BCUT2D eigenvalue weighted by Crippen LogP contribution is -2.35. The number of amides is 2. The molecular weight excluding hydrogens is 643 g/mol. The van der Waals surface area contributed by atoms with Crippen molar-refractivity contribution in [1.29, 1.82) is 0 Å². The summed E-state index contributed by atoms with van der Waals surface area (Å²) < 4.78 is 0. The van der Waals surface area contributed by atoms with Crippen molar-refractivity contribution in [2.75, 3.05) is 4.90 Å². The van der Waals surface area contributed by atoms with E-state index in [2.05, 4.69) is 5.32 Å². The van der Waals surface area contributed by atoms with E-state index >= 15 is 0 Å². The summed E-state index contributed by atoms with van der Waals surface area (Å²) in [5.41, 5.74) is 5.04. The molecule has 0 spiro atoms. The van der Waals surface area contributed by atoms with Crippen LogP contribution < -0.4 is 10.2 Å². The number of hydrogen-bond donors (Lipinski definition) is 2. The molecule has 9 heteroatoms. The number of carboxylic acids is 1. The number of aryl methyl sites for hydroxylation is 1. The summed E-state index contributed by atoms with van der Waals surface area (Å²) in [7, 11) is 0. The third-order valence-electron chi connectivity index (χ3n) is 7.41. The minimum atomic E-state index is -1.09. The van der Waals surface area contributed by atoms with Crippen LogP contribution >= 0.6 is 34.8 Å². The molecule has 0 saturated carbocycles. The third kappa shape index (κ3) is 8.15. The molecule has 1 unspecified atom stereocenters. The van der Waals surface area contributed by atoms with E-state index in [0.29, 0.717) is 5.56 Å². The van der Waals surface area contributed by atoms with E-state index < -0.39 is 23.8 Å². The van der Waals surface area contributed by atoms with Crippen molar-refractivity contribution in [1.82, 2.24) is 5.32 Å². The number of nitrogens with zero attached hydrogens (tertiary/aromatic N) is 1. The van der Waals surface area contributed by atoms with Gasteiger partial charge in [-0.25, -0.2) is 0 Å². The van der Waals surface area contributed by atoms with Gasteiger partial charge in [-0.2, -0.15) is 0 Å². The van der Waals surface area contributed by atoms with Crippen molar-refractivity contribution in [3.05, 3.63) is 158 Å². The van der Waals surface area contributed by atoms with E-state index in [9.17, 15) is 19.5 Å². The summed E-state index contributed by atoms with van der Waals surface area (Å²) in [5, 5.41) is 13.4. The van der Waals surface area contributed by atoms with Crippen LogP contribution in [-0.4, -0.2) is 22.9 Å². The Bertz CT molecular complexity index is 1860. The number of carboxylic acid groups (broad SMARTS) is 1. The summed E-state index contributed by atoms with van der Waals surface area (Å²) >= 11 is 18.9. The van der Waals surface area contributed by atoms with Gasteiger partial charge in [-0.3, -0.25) is 14.4 Å². The molecule has 1 atom stereocenters. The molecule has 2 amide bonds. The van der Waals surface area contributed by atoms with Gasteiger partial charge in [-0.1, -0.05) is 119 Å². The minimum absolute atomic E-state index is 0.0948. The van der Waals surface area contributed by atoms with Gasteiger partial charge in [0, 0.05) is 20.6 Å². The lowest BCUT2D eigenvalue weighted by atomic mass is 9.98. The Morgan fingerprint density at radius 3 is 2.00 bits per heavy atom. The Morgan fingerprint density at radius 2 is 1.37 bits per heavy atom. The Labute approximate surface area is 282 Å². The second kappa shape index (κ2) is 14.6. The number of halogens is 3. The fourth-order valence-electron chi connectivity index (χ4n) is 5.10. The number of rotatable bonds is 10. The fourth-order valence-corrected chi connectivity index (χ4v) is 5.80. The van der Waals surface area contributed by atoms with E-state index in [4.69, 9.17) is 34.8 Å². The highest BCUT2D eigenvalue weighted by molar-refractivity contribution is 6.35. The van der Waals surface area contributed by atoms with E-state index in [1.54, 1.807) is 24.3 Å². The largest absolute Gasteiger partial charge is 0.481 e. The lowest BCUT2D eigenvalue weighted by Gasteiger charge is -2.27. The topological polar surface area (TPSA) is 86.7 Å². The maximum absolute atomic E-state index is 14.1. The van der Waals surface area contributed by atoms with Gasteiger partial charge in [0.1, 0.15) is 0 Å². The smallest absolute Gasteiger partial charge is 0.305 e. The van der Waals surface area contributed by atoms with E-state index in [1.165, 1.54) is 29.2 Å². The van der Waals surface area contributed by atoms with Crippen molar-refractivity contribution in [3.63, 3.8) is 0 Å². The fraction of sp³-hybridized carbons (Fsp3) is 0.108. The lowest BCUT2D eigenvalue weighted by molar-refractivity contribution is -0.137. The van der Waals surface area contributed by atoms with Crippen molar-refractivity contribution in [2.45, 2.75) is 25.9 Å². The van der Waals surface area contributed by atoms with Crippen molar-refractivity contribution in [2.24, 2.45) is 0 Å². The second-order valence-electron chi connectivity index (χ2n) is 10.8. The monoisotopic (exact) mass is 670 g/mol. The van der Waals surface area contributed by atoms with Crippen molar-refractivity contribution in [3.8, 4) is 11.1 Å². The zero-order valence-electron chi connectivity index (χ0n) is 24.7. The predicted octanol–water partition coefficient (Wildman–Crippen LogP) is 9.42. The van der Waals surface area contributed by atoms with E-state index in [0.717, 1.165) is 22.3 Å². The standard InChI is InChI=1S/C37H29Cl3N2O4/c1-23-7-9-24(10-8-23)22-42(37(46)28-17-30(39)19-31(40)18-28)34-16-15-29(38)20-32(34)36(45)41-33(21-35(43)44)27-13-11-26(12-14-27)25-5-3-2-4-6-25/h2-20,33H,21-22H2,1H3,(H,41,45)(H,43,44). The summed E-state index contributed by atoms with van der Waals surface area (Å²) in [4.78, 5) is 41.4. The number of aliphatic carboxylic acids is 1. The third-order valence-corrected chi connectivity index (χ3v) is 8.09. The first-order valence-corrected chi connectivity index (χ1v) is 15.5. The molecule has 46 heavy (non-hydrogen) atoms. The molecule has 5 rings (SSSR count). The summed E-state index contributed by atoms with van der Waals surface area (Å²) in [6.45, 7) is 2.08. The first-order valence-electron chi connectivity index (χ1n) is 14.4. The second-order valence-corrected chi connectivity index (χ2v) is 12.1. The SMILES string of the molecule is Cc1ccc(CN(C(=O)c2cc(Cl)cc(Cl)c2)c2ccc(Cl)cc2C(=O)NC(CC(=O)O)c2ccc(-c3ccccc3)cc2)cc1. The quantitative estimate of drug-likeness (QED) is 0.155. The van der Waals surface area contributed by atoms with Crippen LogP contribution in [-0.2, 0) is 11.3 Å². The molecule has 0 fully saturated rings. The first-order chi connectivity index (χ1) is 22.1. The maximum Gasteiger partial charge on any atom is 0.305 e. The molecular formula is C37H29Cl3N2O4. The normalized spacial score (nSPS) is 11.5. The van der Waals surface area contributed by atoms with Gasteiger partial charge in [0.05, 0.1) is 30.3 Å². The molecule has 5 aromatic rings. The predicted molar refractivity (Wildman–Crippen MR) is 184 cm³/mol. The average molecular weight is 672 g/mol. The van der Waals surface area contributed by atoms with Gasteiger partial charge < -0.3 is 15.3 Å². The number of benzene rings is 5. The molecule has 2 N–H and O–H groups in total. The Balaban J connectivity index is 1.52. The van der Waals surface area contributed by atoms with Crippen LogP contribution in [0.5, 0.6) is 0 Å². The van der Waals surface area contributed by atoms with Crippen molar-refractivity contribution >= 4 is 58.3 Å².